The van der Waals surface area contributed by atoms with E-state index in [0.717, 1.165) is 5.56 Å². The second kappa shape index (κ2) is 6.74. The van der Waals surface area contributed by atoms with Crippen LogP contribution in [-0.2, 0) is 16.0 Å². The number of carbonyl (C=O) groups is 2. The quantitative estimate of drug-likeness (QED) is 0.926. The zero-order valence-corrected chi connectivity index (χ0v) is 12.7. The highest BCUT2D eigenvalue weighted by atomic mass is 16.4. The lowest BCUT2D eigenvalue weighted by Crippen LogP contribution is -2.45. The lowest BCUT2D eigenvalue weighted by molar-refractivity contribution is -0.146. The lowest BCUT2D eigenvalue weighted by atomic mass is 9.90. The Bertz CT molecular complexity index is 527. The Labute approximate surface area is 125 Å². The van der Waals surface area contributed by atoms with E-state index in [1.807, 2.05) is 32.0 Å². The number of carboxylic acid groups (broad SMARTS) is 1. The maximum absolute atomic E-state index is 12.3. The van der Waals surface area contributed by atoms with Gasteiger partial charge in [-0.3, -0.25) is 9.59 Å². The molecule has 4 heteroatoms. The summed E-state index contributed by atoms with van der Waals surface area (Å²) in [6.45, 7) is 5.08. The predicted octanol–water partition coefficient (Wildman–Crippen LogP) is 2.50. The standard InChI is InChI=1S/C17H23NO3/c1-12-4-3-5-14(8-12)6-7-16(19)18-10-13(2)9-15(11-18)17(20)21/h3-5,8,13,15H,6-7,9-11H2,1-2H3,(H,20,21). The maximum atomic E-state index is 12.3. The molecule has 0 saturated carbocycles. The Morgan fingerprint density at radius 1 is 1.33 bits per heavy atom. The first-order valence-electron chi connectivity index (χ1n) is 7.52. The fourth-order valence-corrected chi connectivity index (χ4v) is 3.01. The van der Waals surface area contributed by atoms with Crippen molar-refractivity contribution in [3.05, 3.63) is 35.4 Å². The van der Waals surface area contributed by atoms with Crippen LogP contribution in [0, 0.1) is 18.8 Å². The van der Waals surface area contributed by atoms with E-state index in [1.54, 1.807) is 4.90 Å². The average Bonchev–Trinajstić information content (AvgIpc) is 2.44. The SMILES string of the molecule is Cc1cccc(CCC(=O)N2CC(C)CC(C(=O)O)C2)c1. The molecule has 1 aliphatic rings. The summed E-state index contributed by atoms with van der Waals surface area (Å²) in [6.07, 6.45) is 1.82. The number of benzene rings is 1. The van der Waals surface area contributed by atoms with Gasteiger partial charge in [0, 0.05) is 19.5 Å². The Kier molecular flexibility index (Phi) is 4.99. The number of piperidine rings is 1. The molecular weight excluding hydrogens is 266 g/mol. The first kappa shape index (κ1) is 15.5. The summed E-state index contributed by atoms with van der Waals surface area (Å²) in [5.41, 5.74) is 2.35. The molecule has 2 atom stereocenters. The van der Waals surface area contributed by atoms with Crippen LogP contribution in [0.25, 0.3) is 0 Å². The van der Waals surface area contributed by atoms with Crippen LogP contribution >= 0.6 is 0 Å². The third-order valence-electron chi connectivity index (χ3n) is 4.07. The second-order valence-corrected chi connectivity index (χ2v) is 6.16. The molecule has 0 aromatic heterocycles. The van der Waals surface area contributed by atoms with E-state index in [4.69, 9.17) is 5.11 Å². The number of carboxylic acids is 1. The van der Waals surface area contributed by atoms with E-state index in [1.165, 1.54) is 5.56 Å². The van der Waals surface area contributed by atoms with E-state index in [0.29, 0.717) is 32.4 Å². The highest BCUT2D eigenvalue weighted by Crippen LogP contribution is 2.22. The number of aryl methyl sites for hydroxylation is 2. The first-order valence-corrected chi connectivity index (χ1v) is 7.52. The van der Waals surface area contributed by atoms with Crippen LogP contribution in [0.1, 0.15) is 30.9 Å². The smallest absolute Gasteiger partial charge is 0.308 e. The van der Waals surface area contributed by atoms with E-state index < -0.39 is 11.9 Å². The van der Waals surface area contributed by atoms with Crippen LogP contribution in [0.2, 0.25) is 0 Å². The molecule has 114 valence electrons. The number of hydrogen-bond donors (Lipinski definition) is 1. The summed E-state index contributed by atoms with van der Waals surface area (Å²) in [7, 11) is 0. The Morgan fingerprint density at radius 3 is 2.76 bits per heavy atom. The molecule has 1 aromatic rings. The minimum absolute atomic E-state index is 0.0642. The minimum Gasteiger partial charge on any atom is -0.481 e. The van der Waals surface area contributed by atoms with Crippen molar-refractivity contribution in [2.24, 2.45) is 11.8 Å². The van der Waals surface area contributed by atoms with Crippen molar-refractivity contribution in [1.29, 1.82) is 0 Å². The van der Waals surface area contributed by atoms with Crippen LogP contribution in [0.4, 0.5) is 0 Å². The van der Waals surface area contributed by atoms with Gasteiger partial charge in [0.2, 0.25) is 5.91 Å². The van der Waals surface area contributed by atoms with Crippen LogP contribution < -0.4 is 0 Å². The van der Waals surface area contributed by atoms with Crippen molar-refractivity contribution in [2.45, 2.75) is 33.1 Å². The fourth-order valence-electron chi connectivity index (χ4n) is 3.01. The van der Waals surface area contributed by atoms with Gasteiger partial charge in [0.15, 0.2) is 0 Å². The second-order valence-electron chi connectivity index (χ2n) is 6.16. The number of nitrogens with zero attached hydrogens (tertiary/aromatic N) is 1. The van der Waals surface area contributed by atoms with E-state index in [9.17, 15) is 9.59 Å². The van der Waals surface area contributed by atoms with Crippen molar-refractivity contribution in [1.82, 2.24) is 4.90 Å². The number of hydrogen-bond acceptors (Lipinski definition) is 2. The molecule has 21 heavy (non-hydrogen) atoms. The topological polar surface area (TPSA) is 57.6 Å². The third kappa shape index (κ3) is 4.31. The van der Waals surface area contributed by atoms with Crippen LogP contribution in [0.15, 0.2) is 24.3 Å². The largest absolute Gasteiger partial charge is 0.481 e. The highest BCUT2D eigenvalue weighted by Gasteiger charge is 2.31. The summed E-state index contributed by atoms with van der Waals surface area (Å²) in [6, 6.07) is 8.15. The van der Waals surface area contributed by atoms with E-state index >= 15 is 0 Å². The van der Waals surface area contributed by atoms with Gasteiger partial charge >= 0.3 is 5.97 Å². The van der Waals surface area contributed by atoms with Gasteiger partial charge in [-0.25, -0.2) is 0 Å². The van der Waals surface area contributed by atoms with Crippen LogP contribution in [0.5, 0.6) is 0 Å². The Morgan fingerprint density at radius 2 is 2.10 bits per heavy atom. The number of likely N-dealkylation sites (tertiary alicyclic amines) is 1. The molecule has 1 saturated heterocycles. The monoisotopic (exact) mass is 289 g/mol. The molecule has 1 heterocycles. The van der Waals surface area contributed by atoms with Crippen molar-refractivity contribution >= 4 is 11.9 Å². The predicted molar refractivity (Wildman–Crippen MR) is 81.0 cm³/mol. The third-order valence-corrected chi connectivity index (χ3v) is 4.07. The Hall–Kier alpha value is -1.84. The maximum Gasteiger partial charge on any atom is 0.308 e. The minimum atomic E-state index is -0.793. The molecule has 1 fully saturated rings. The zero-order chi connectivity index (χ0) is 15.4. The van der Waals surface area contributed by atoms with Gasteiger partial charge < -0.3 is 10.0 Å². The van der Waals surface area contributed by atoms with Gasteiger partial charge in [-0.05, 0) is 31.2 Å². The van der Waals surface area contributed by atoms with Crippen molar-refractivity contribution in [3.8, 4) is 0 Å². The molecule has 0 radical (unpaired) electrons. The molecule has 0 spiro atoms. The molecule has 1 N–H and O–H groups in total. The van der Waals surface area contributed by atoms with E-state index in [2.05, 4.69) is 6.07 Å². The molecule has 2 rings (SSSR count). The van der Waals surface area contributed by atoms with Gasteiger partial charge in [0.25, 0.3) is 0 Å². The van der Waals surface area contributed by atoms with Crippen LogP contribution in [-0.4, -0.2) is 35.0 Å². The normalized spacial score (nSPS) is 22.1. The van der Waals surface area contributed by atoms with E-state index in [-0.39, 0.29) is 11.8 Å². The summed E-state index contributed by atoms with van der Waals surface area (Å²) in [5, 5.41) is 9.16. The highest BCUT2D eigenvalue weighted by molar-refractivity contribution is 5.78. The summed E-state index contributed by atoms with van der Waals surface area (Å²) in [5.74, 6) is -0.897. The molecule has 0 aliphatic carbocycles. The van der Waals surface area contributed by atoms with Crippen LogP contribution in [0.3, 0.4) is 0 Å². The lowest BCUT2D eigenvalue weighted by Gasteiger charge is -2.34. The van der Waals surface area contributed by atoms with Crippen molar-refractivity contribution in [2.75, 3.05) is 13.1 Å². The van der Waals surface area contributed by atoms with Gasteiger partial charge in [-0.2, -0.15) is 0 Å². The molecule has 1 amide bonds. The van der Waals surface area contributed by atoms with Crippen molar-refractivity contribution < 1.29 is 14.7 Å². The molecule has 0 bridgehead atoms. The summed E-state index contributed by atoms with van der Waals surface area (Å²) >= 11 is 0. The molecule has 4 nitrogen and oxygen atoms in total. The average molecular weight is 289 g/mol. The molecular formula is C17H23NO3. The zero-order valence-electron chi connectivity index (χ0n) is 12.7. The first-order chi connectivity index (χ1) is 9.95. The van der Waals surface area contributed by atoms with Crippen molar-refractivity contribution in [3.63, 3.8) is 0 Å². The summed E-state index contributed by atoms with van der Waals surface area (Å²) in [4.78, 5) is 25.2. The van der Waals surface area contributed by atoms with Gasteiger partial charge in [0.05, 0.1) is 5.92 Å². The van der Waals surface area contributed by atoms with Gasteiger partial charge in [-0.15, -0.1) is 0 Å². The number of rotatable bonds is 4. The molecule has 1 aromatic carbocycles. The fraction of sp³-hybridized carbons (Fsp3) is 0.529. The summed E-state index contributed by atoms with van der Waals surface area (Å²) < 4.78 is 0. The Balaban J connectivity index is 1.92. The van der Waals surface area contributed by atoms with Gasteiger partial charge in [-0.1, -0.05) is 36.8 Å². The molecule has 1 aliphatic heterocycles. The number of amides is 1. The molecule has 2 unspecified atom stereocenters. The number of carbonyl (C=O) groups excluding carboxylic acids is 1. The van der Waals surface area contributed by atoms with Gasteiger partial charge in [0.1, 0.15) is 0 Å². The number of aliphatic carboxylic acids is 1.